The molecule has 0 amide bonds. The number of hydrogen-bond donors (Lipinski definition) is 0. The highest BCUT2D eigenvalue weighted by molar-refractivity contribution is 5.35. The van der Waals surface area contributed by atoms with Crippen molar-refractivity contribution in [2.24, 2.45) is 35.5 Å². The van der Waals surface area contributed by atoms with Crippen LogP contribution in [0.5, 0.6) is 0 Å². The zero-order valence-corrected chi connectivity index (χ0v) is 12.2. The maximum atomic E-state index is 2.05. The quantitative estimate of drug-likeness (QED) is 0.513. The maximum absolute atomic E-state index is 2.05. The third-order valence-electron chi connectivity index (χ3n) is 7.65. The SMILES string of the molecule is C1CCC2CC(C1)CC1=C3C(CCC1)C1C3CCC21. The minimum Gasteiger partial charge on any atom is -0.0702 e. The van der Waals surface area contributed by atoms with Crippen LogP contribution < -0.4 is 0 Å². The van der Waals surface area contributed by atoms with Crippen molar-refractivity contribution in [1.82, 2.24) is 0 Å². The Bertz CT molecular complexity index is 418. The summed E-state index contributed by atoms with van der Waals surface area (Å²) in [7, 11) is 0. The molecule has 0 spiro atoms. The normalized spacial score (nSPS) is 51.8. The minimum absolute atomic E-state index is 1.08. The maximum Gasteiger partial charge on any atom is -0.0161 e. The highest BCUT2D eigenvalue weighted by atomic mass is 14.6. The molecule has 8 bridgehead atoms. The van der Waals surface area contributed by atoms with E-state index in [1.165, 1.54) is 25.7 Å². The summed E-state index contributed by atoms with van der Waals surface area (Å²) in [5.41, 5.74) is 4.04. The molecule has 0 radical (unpaired) electrons. The standard InChI is InChI=1S/C19H28/c1-2-5-13-10-12(4-1)11-14-6-3-7-16-18(14)17-9-8-15(13)19(16)17/h12-13,15-17,19H,1-11H2. The summed E-state index contributed by atoms with van der Waals surface area (Å²) in [5.74, 6) is 6.69. The lowest BCUT2D eigenvalue weighted by molar-refractivity contribution is 0.0958. The van der Waals surface area contributed by atoms with E-state index in [9.17, 15) is 0 Å². The van der Waals surface area contributed by atoms with E-state index in [0.717, 1.165) is 35.5 Å². The zero-order valence-electron chi connectivity index (χ0n) is 12.2. The lowest BCUT2D eigenvalue weighted by Crippen LogP contribution is -2.43. The van der Waals surface area contributed by atoms with Gasteiger partial charge in [0.05, 0.1) is 0 Å². The fourth-order valence-corrected chi connectivity index (χ4v) is 7.11. The summed E-state index contributed by atoms with van der Waals surface area (Å²) < 4.78 is 0. The third kappa shape index (κ3) is 1.52. The van der Waals surface area contributed by atoms with Crippen molar-refractivity contribution in [3.63, 3.8) is 0 Å². The predicted molar refractivity (Wildman–Crippen MR) is 78.8 cm³/mol. The van der Waals surface area contributed by atoms with Gasteiger partial charge in [-0.05, 0) is 80.5 Å². The molecule has 0 heterocycles. The van der Waals surface area contributed by atoms with Crippen molar-refractivity contribution in [3.05, 3.63) is 11.1 Å². The molecule has 6 aliphatic rings. The highest BCUT2D eigenvalue weighted by Gasteiger charge is 2.56. The van der Waals surface area contributed by atoms with E-state index >= 15 is 0 Å². The van der Waals surface area contributed by atoms with Crippen LogP contribution in [0, 0.1) is 35.5 Å². The molecule has 0 aromatic heterocycles. The Morgan fingerprint density at radius 3 is 2.68 bits per heavy atom. The Morgan fingerprint density at radius 1 is 0.789 bits per heavy atom. The average molecular weight is 256 g/mol. The minimum atomic E-state index is 1.08. The monoisotopic (exact) mass is 256 g/mol. The van der Waals surface area contributed by atoms with Gasteiger partial charge in [0.25, 0.3) is 0 Å². The second kappa shape index (κ2) is 4.12. The summed E-state index contributed by atoms with van der Waals surface area (Å²) in [6.07, 6.45) is 17.1. The molecular formula is C19H28. The van der Waals surface area contributed by atoms with Crippen LogP contribution in [0.4, 0.5) is 0 Å². The fraction of sp³-hybridized carbons (Fsp3) is 0.895. The number of allylic oxidation sites excluding steroid dienone is 2. The van der Waals surface area contributed by atoms with Crippen LogP contribution in [0.1, 0.15) is 70.6 Å². The lowest BCUT2D eigenvalue weighted by Gasteiger charge is -2.51. The van der Waals surface area contributed by atoms with Crippen LogP contribution in [0.15, 0.2) is 11.1 Å². The Morgan fingerprint density at radius 2 is 1.68 bits per heavy atom. The van der Waals surface area contributed by atoms with Crippen molar-refractivity contribution in [1.29, 1.82) is 0 Å². The van der Waals surface area contributed by atoms with Gasteiger partial charge in [-0.15, -0.1) is 0 Å². The van der Waals surface area contributed by atoms with Crippen LogP contribution in [0.25, 0.3) is 0 Å². The molecule has 0 nitrogen and oxygen atoms in total. The summed E-state index contributed by atoms with van der Waals surface area (Å²) in [6.45, 7) is 0. The molecule has 0 heteroatoms. The van der Waals surface area contributed by atoms with Gasteiger partial charge in [0.2, 0.25) is 0 Å². The van der Waals surface area contributed by atoms with E-state index in [4.69, 9.17) is 0 Å². The van der Waals surface area contributed by atoms with Gasteiger partial charge in [-0.1, -0.05) is 36.8 Å². The summed E-state index contributed by atoms with van der Waals surface area (Å²) in [5, 5.41) is 0. The van der Waals surface area contributed by atoms with Crippen LogP contribution in [0.2, 0.25) is 0 Å². The van der Waals surface area contributed by atoms with Gasteiger partial charge in [-0.2, -0.15) is 0 Å². The molecule has 0 saturated heterocycles. The number of hydrogen-bond acceptors (Lipinski definition) is 0. The molecule has 6 unspecified atom stereocenters. The van der Waals surface area contributed by atoms with Gasteiger partial charge in [0.15, 0.2) is 0 Å². The van der Waals surface area contributed by atoms with Gasteiger partial charge < -0.3 is 0 Å². The molecule has 104 valence electrons. The van der Waals surface area contributed by atoms with Crippen LogP contribution in [-0.2, 0) is 0 Å². The first-order valence-electron chi connectivity index (χ1n) is 9.13. The van der Waals surface area contributed by atoms with Gasteiger partial charge >= 0.3 is 0 Å². The van der Waals surface area contributed by atoms with E-state index in [1.807, 2.05) is 11.1 Å². The first-order valence-corrected chi connectivity index (χ1v) is 9.13. The van der Waals surface area contributed by atoms with E-state index < -0.39 is 0 Å². The van der Waals surface area contributed by atoms with Crippen LogP contribution in [-0.4, -0.2) is 0 Å². The molecule has 3 saturated carbocycles. The van der Waals surface area contributed by atoms with E-state index in [2.05, 4.69) is 0 Å². The van der Waals surface area contributed by atoms with Crippen molar-refractivity contribution in [2.45, 2.75) is 70.6 Å². The van der Waals surface area contributed by atoms with E-state index in [-0.39, 0.29) is 0 Å². The molecule has 0 aromatic carbocycles. The summed E-state index contributed by atoms with van der Waals surface area (Å²) in [4.78, 5) is 0. The second-order valence-corrected chi connectivity index (χ2v) is 8.33. The van der Waals surface area contributed by atoms with Crippen LogP contribution >= 0.6 is 0 Å². The third-order valence-corrected chi connectivity index (χ3v) is 7.65. The summed E-state index contributed by atoms with van der Waals surface area (Å²) in [6, 6.07) is 0. The highest BCUT2D eigenvalue weighted by Crippen LogP contribution is 2.66. The first kappa shape index (κ1) is 11.4. The largest absolute Gasteiger partial charge is 0.0702 e. The van der Waals surface area contributed by atoms with Gasteiger partial charge in [0, 0.05) is 0 Å². The Kier molecular flexibility index (Phi) is 2.47. The molecule has 0 N–H and O–H groups in total. The molecule has 6 rings (SSSR count). The summed E-state index contributed by atoms with van der Waals surface area (Å²) >= 11 is 0. The molecule has 3 fully saturated rings. The molecule has 19 heavy (non-hydrogen) atoms. The Hall–Kier alpha value is -0.260. The fourth-order valence-electron chi connectivity index (χ4n) is 7.11. The lowest BCUT2D eigenvalue weighted by atomic mass is 9.54. The van der Waals surface area contributed by atoms with Gasteiger partial charge in [0.1, 0.15) is 0 Å². The smallest absolute Gasteiger partial charge is 0.0161 e. The van der Waals surface area contributed by atoms with Crippen molar-refractivity contribution in [3.8, 4) is 0 Å². The van der Waals surface area contributed by atoms with Gasteiger partial charge in [-0.3, -0.25) is 0 Å². The topological polar surface area (TPSA) is 0 Å². The molecule has 6 atom stereocenters. The molecule has 6 aliphatic carbocycles. The van der Waals surface area contributed by atoms with Gasteiger partial charge in [-0.25, -0.2) is 0 Å². The Labute approximate surface area is 118 Å². The molecular weight excluding hydrogens is 228 g/mol. The van der Waals surface area contributed by atoms with E-state index in [1.54, 1.807) is 44.9 Å². The Balaban J connectivity index is 1.60. The predicted octanol–water partition coefficient (Wildman–Crippen LogP) is 5.34. The first-order chi connectivity index (χ1) is 9.42. The molecule has 0 aromatic rings. The van der Waals surface area contributed by atoms with E-state index in [0.29, 0.717) is 0 Å². The average Bonchev–Trinajstić information content (AvgIpc) is 2.65. The van der Waals surface area contributed by atoms with Crippen molar-refractivity contribution < 1.29 is 0 Å². The van der Waals surface area contributed by atoms with Crippen LogP contribution in [0.3, 0.4) is 0 Å². The zero-order chi connectivity index (χ0) is 12.4. The van der Waals surface area contributed by atoms with Crippen molar-refractivity contribution in [2.75, 3.05) is 0 Å². The second-order valence-electron chi connectivity index (χ2n) is 8.33. The molecule has 0 aliphatic heterocycles. The van der Waals surface area contributed by atoms with Crippen molar-refractivity contribution >= 4 is 0 Å². The number of rotatable bonds is 0.